The van der Waals surface area contributed by atoms with Gasteiger partial charge in [0.2, 0.25) is 0 Å². The van der Waals surface area contributed by atoms with Gasteiger partial charge in [0.15, 0.2) is 0 Å². The topological polar surface area (TPSA) is 75.7 Å². The number of hydrogen-bond donors (Lipinski definition) is 1. The minimum absolute atomic E-state index is 0.0282. The van der Waals surface area contributed by atoms with Crippen molar-refractivity contribution in [3.63, 3.8) is 0 Å². The van der Waals surface area contributed by atoms with Gasteiger partial charge in [-0.15, -0.1) is 0 Å². The Bertz CT molecular complexity index is 1200. The number of carbonyl (C=O) groups is 1. The van der Waals surface area contributed by atoms with Gasteiger partial charge < -0.3 is 10.1 Å². The van der Waals surface area contributed by atoms with Gasteiger partial charge in [0.1, 0.15) is 11.6 Å². The van der Waals surface area contributed by atoms with E-state index in [4.69, 9.17) is 16.3 Å². The Kier molecular flexibility index (Phi) is 6.82. The lowest BCUT2D eigenvalue weighted by atomic mass is 10.2. The van der Waals surface area contributed by atoms with Gasteiger partial charge in [0, 0.05) is 6.54 Å². The number of nitrogens with one attached hydrogen (secondary N) is 1. The molecule has 162 valence electrons. The van der Waals surface area contributed by atoms with E-state index in [1.807, 2.05) is 0 Å². The van der Waals surface area contributed by atoms with Gasteiger partial charge in [0.05, 0.1) is 34.0 Å². The van der Waals surface area contributed by atoms with Crippen molar-refractivity contribution in [2.75, 3.05) is 23.3 Å². The van der Waals surface area contributed by atoms with Crippen LogP contribution in [0.5, 0.6) is 5.75 Å². The van der Waals surface area contributed by atoms with Crippen LogP contribution in [-0.2, 0) is 10.0 Å². The molecule has 0 unspecified atom stereocenters. The van der Waals surface area contributed by atoms with Gasteiger partial charge in [-0.1, -0.05) is 29.8 Å². The normalized spacial score (nSPS) is 11.1. The van der Waals surface area contributed by atoms with Gasteiger partial charge in [-0.25, -0.2) is 12.8 Å². The summed E-state index contributed by atoms with van der Waals surface area (Å²) in [6.07, 6.45) is 0. The summed E-state index contributed by atoms with van der Waals surface area (Å²) in [5.41, 5.74) is 0.695. The highest BCUT2D eigenvalue weighted by atomic mass is 35.5. The molecule has 0 aliphatic rings. The average Bonchev–Trinajstić information content (AvgIpc) is 2.74. The maximum absolute atomic E-state index is 13.3. The number of methoxy groups -OCH3 is 1. The lowest BCUT2D eigenvalue weighted by Crippen LogP contribution is -2.30. The molecule has 0 heterocycles. The third kappa shape index (κ3) is 4.81. The van der Waals surface area contributed by atoms with Crippen molar-refractivity contribution < 1.29 is 22.3 Å². The molecule has 0 spiro atoms. The highest BCUT2D eigenvalue weighted by Crippen LogP contribution is 2.31. The first-order valence-electron chi connectivity index (χ1n) is 9.30. The molecule has 3 aromatic carbocycles. The van der Waals surface area contributed by atoms with Crippen molar-refractivity contribution in [2.45, 2.75) is 11.8 Å². The Hall–Kier alpha value is -3.10. The molecule has 0 saturated carbocycles. The first kappa shape index (κ1) is 22.6. The highest BCUT2D eigenvalue weighted by molar-refractivity contribution is 7.92. The van der Waals surface area contributed by atoms with Crippen LogP contribution in [0.1, 0.15) is 17.3 Å². The molecule has 0 aliphatic heterocycles. The Morgan fingerprint density at radius 2 is 1.81 bits per heavy atom. The summed E-state index contributed by atoms with van der Waals surface area (Å²) >= 11 is 5.96. The number of benzene rings is 3. The Balaban J connectivity index is 1.99. The number of sulfonamides is 1. The molecule has 31 heavy (non-hydrogen) atoms. The SMILES string of the molecule is CCN(c1ccccc1)S(=O)(=O)c1ccc(OC)c(NC(=O)c2ccc(F)cc2Cl)c1. The third-order valence-corrected chi connectivity index (χ3v) is 6.73. The second kappa shape index (κ2) is 9.36. The predicted molar refractivity (Wildman–Crippen MR) is 119 cm³/mol. The lowest BCUT2D eigenvalue weighted by molar-refractivity contribution is 0.102. The number of halogens is 2. The van der Waals surface area contributed by atoms with Crippen LogP contribution in [0, 0.1) is 5.82 Å². The summed E-state index contributed by atoms with van der Waals surface area (Å²) in [6.45, 7) is 1.94. The number of carbonyl (C=O) groups excluding carboxylic acids is 1. The monoisotopic (exact) mass is 462 g/mol. The van der Waals surface area contributed by atoms with E-state index in [2.05, 4.69) is 5.32 Å². The molecule has 0 bridgehead atoms. The fourth-order valence-corrected chi connectivity index (χ4v) is 4.77. The van der Waals surface area contributed by atoms with Crippen molar-refractivity contribution in [1.29, 1.82) is 0 Å². The van der Waals surface area contributed by atoms with Crippen molar-refractivity contribution in [3.05, 3.63) is 83.1 Å². The fourth-order valence-electron chi connectivity index (χ4n) is 3.02. The van der Waals surface area contributed by atoms with Gasteiger partial charge in [0.25, 0.3) is 15.9 Å². The first-order valence-corrected chi connectivity index (χ1v) is 11.1. The molecule has 3 rings (SSSR count). The third-order valence-electron chi connectivity index (χ3n) is 4.51. The van der Waals surface area contributed by atoms with E-state index < -0.39 is 21.7 Å². The van der Waals surface area contributed by atoms with E-state index in [0.717, 1.165) is 12.1 Å². The van der Waals surface area contributed by atoms with Crippen LogP contribution in [-0.4, -0.2) is 28.0 Å². The first-order chi connectivity index (χ1) is 14.8. The van der Waals surface area contributed by atoms with Crippen LogP contribution in [0.25, 0.3) is 0 Å². The van der Waals surface area contributed by atoms with Crippen molar-refractivity contribution in [2.24, 2.45) is 0 Å². The molecule has 1 amide bonds. The molecule has 0 fully saturated rings. The van der Waals surface area contributed by atoms with Gasteiger partial charge in [-0.2, -0.15) is 0 Å². The zero-order valence-electron chi connectivity index (χ0n) is 16.8. The van der Waals surface area contributed by atoms with E-state index in [-0.39, 0.29) is 33.5 Å². The molecule has 3 aromatic rings. The summed E-state index contributed by atoms with van der Waals surface area (Å²) in [5.74, 6) is -0.950. The molecule has 0 radical (unpaired) electrons. The Labute approximate surface area is 185 Å². The summed E-state index contributed by atoms with van der Waals surface area (Å²) in [7, 11) is -2.52. The minimum atomic E-state index is -3.92. The fraction of sp³-hybridized carbons (Fsp3) is 0.136. The molecule has 0 atom stereocenters. The number of rotatable bonds is 7. The Morgan fingerprint density at radius 1 is 1.10 bits per heavy atom. The van der Waals surface area contributed by atoms with Crippen molar-refractivity contribution in [3.8, 4) is 5.75 Å². The highest BCUT2D eigenvalue weighted by Gasteiger charge is 2.25. The Morgan fingerprint density at radius 3 is 2.42 bits per heavy atom. The summed E-state index contributed by atoms with van der Waals surface area (Å²) < 4.78 is 46.3. The number of anilines is 2. The molecule has 0 saturated heterocycles. The summed E-state index contributed by atoms with van der Waals surface area (Å²) in [6, 6.07) is 16.2. The van der Waals surface area contributed by atoms with Crippen LogP contribution >= 0.6 is 11.6 Å². The number of hydrogen-bond acceptors (Lipinski definition) is 4. The van der Waals surface area contributed by atoms with Crippen LogP contribution < -0.4 is 14.4 Å². The molecule has 0 aromatic heterocycles. The molecule has 1 N–H and O–H groups in total. The van der Waals surface area contributed by atoms with Crippen LogP contribution in [0.4, 0.5) is 15.8 Å². The van der Waals surface area contributed by atoms with E-state index in [0.29, 0.717) is 5.69 Å². The number of ether oxygens (including phenoxy) is 1. The molecule has 0 aliphatic carbocycles. The van der Waals surface area contributed by atoms with E-state index in [9.17, 15) is 17.6 Å². The van der Waals surface area contributed by atoms with Gasteiger partial charge in [-0.3, -0.25) is 9.10 Å². The minimum Gasteiger partial charge on any atom is -0.495 e. The van der Waals surface area contributed by atoms with Crippen LogP contribution in [0.3, 0.4) is 0 Å². The number of para-hydroxylation sites is 1. The number of nitrogens with zero attached hydrogens (tertiary/aromatic N) is 1. The van der Waals surface area contributed by atoms with E-state index in [1.165, 1.54) is 35.7 Å². The zero-order valence-corrected chi connectivity index (χ0v) is 18.4. The van der Waals surface area contributed by atoms with Crippen molar-refractivity contribution in [1.82, 2.24) is 0 Å². The van der Waals surface area contributed by atoms with Gasteiger partial charge >= 0.3 is 0 Å². The standard InChI is InChI=1S/C22H20ClFN2O4S/c1-3-26(16-7-5-4-6-8-16)31(28,29)17-10-12-21(30-2)20(14-17)25-22(27)18-11-9-15(24)13-19(18)23/h4-14H,3H2,1-2H3,(H,25,27). The molecular weight excluding hydrogens is 443 g/mol. The number of amides is 1. The van der Waals surface area contributed by atoms with E-state index >= 15 is 0 Å². The van der Waals surface area contributed by atoms with Crippen LogP contribution in [0.2, 0.25) is 5.02 Å². The van der Waals surface area contributed by atoms with Gasteiger partial charge in [-0.05, 0) is 55.5 Å². The predicted octanol–water partition coefficient (Wildman–Crippen LogP) is 4.96. The second-order valence-corrected chi connectivity index (χ2v) is 8.72. The molecular formula is C22H20ClFN2O4S. The maximum Gasteiger partial charge on any atom is 0.264 e. The maximum atomic E-state index is 13.3. The van der Waals surface area contributed by atoms with E-state index in [1.54, 1.807) is 37.3 Å². The van der Waals surface area contributed by atoms with Crippen molar-refractivity contribution >= 4 is 38.9 Å². The summed E-state index contributed by atoms with van der Waals surface area (Å²) in [4.78, 5) is 12.6. The zero-order chi connectivity index (χ0) is 22.6. The largest absolute Gasteiger partial charge is 0.495 e. The quantitative estimate of drug-likeness (QED) is 0.538. The summed E-state index contributed by atoms with van der Waals surface area (Å²) in [5, 5.41) is 2.53. The van der Waals surface area contributed by atoms with Crippen LogP contribution in [0.15, 0.2) is 71.6 Å². The smallest absolute Gasteiger partial charge is 0.264 e. The lowest BCUT2D eigenvalue weighted by Gasteiger charge is -2.23. The molecule has 6 nitrogen and oxygen atoms in total. The molecule has 9 heteroatoms. The second-order valence-electron chi connectivity index (χ2n) is 6.45. The average molecular weight is 463 g/mol.